The average Bonchev–Trinajstić information content (AvgIpc) is 2.84. The lowest BCUT2D eigenvalue weighted by atomic mass is 10.1. The summed E-state index contributed by atoms with van der Waals surface area (Å²) in [6, 6.07) is 7.68. The number of rotatable bonds is 16. The van der Waals surface area contributed by atoms with Gasteiger partial charge in [0.05, 0.1) is 6.61 Å². The first-order valence-electron chi connectivity index (χ1n) is 13.1. The van der Waals surface area contributed by atoms with E-state index in [9.17, 15) is 14.4 Å². The quantitative estimate of drug-likeness (QED) is 0.273. The molecule has 9 heteroatoms. The summed E-state index contributed by atoms with van der Waals surface area (Å²) in [6.07, 6.45) is 7.92. The molecule has 0 atom stereocenters. The summed E-state index contributed by atoms with van der Waals surface area (Å²) in [5.74, 6) is 0.430. The Morgan fingerprint density at radius 1 is 1.06 bits per heavy atom. The van der Waals surface area contributed by atoms with E-state index >= 15 is 0 Å². The SMILES string of the molecule is CCCCCCCn1nc(NCCCCc2cccc(OC(C)(C)C(=O)OCC)c2)c(=O)n(C)c1=O. The van der Waals surface area contributed by atoms with Gasteiger partial charge in [-0.15, -0.1) is 5.10 Å². The van der Waals surface area contributed by atoms with Gasteiger partial charge in [-0.1, -0.05) is 44.7 Å². The van der Waals surface area contributed by atoms with E-state index < -0.39 is 17.1 Å². The summed E-state index contributed by atoms with van der Waals surface area (Å²) in [7, 11) is 1.49. The largest absolute Gasteiger partial charge is 0.476 e. The number of ether oxygens (including phenoxy) is 2. The molecule has 0 aliphatic heterocycles. The van der Waals surface area contributed by atoms with Gasteiger partial charge in [-0.2, -0.15) is 0 Å². The Morgan fingerprint density at radius 3 is 2.53 bits per heavy atom. The third-order valence-electron chi connectivity index (χ3n) is 5.93. The van der Waals surface area contributed by atoms with Crippen molar-refractivity contribution in [3.63, 3.8) is 0 Å². The standard InChI is InChI=1S/C27H42N4O5/c1-6-8-9-10-13-19-31-26(34)30(5)24(32)23(29-31)28-18-12-11-15-21-16-14-17-22(20-21)36-27(3,4)25(33)35-7-2/h14,16-17,20H,6-13,15,18-19H2,1-5H3,(H,28,29). The summed E-state index contributed by atoms with van der Waals surface area (Å²) in [5.41, 5.74) is -0.757. The highest BCUT2D eigenvalue weighted by Gasteiger charge is 2.31. The minimum absolute atomic E-state index is 0.210. The monoisotopic (exact) mass is 502 g/mol. The normalized spacial score (nSPS) is 11.4. The predicted molar refractivity (Wildman–Crippen MR) is 142 cm³/mol. The first-order chi connectivity index (χ1) is 17.2. The molecule has 1 aromatic carbocycles. The van der Waals surface area contributed by atoms with Crippen LogP contribution < -0.4 is 21.3 Å². The maximum absolute atomic E-state index is 12.5. The third-order valence-corrected chi connectivity index (χ3v) is 5.93. The van der Waals surface area contributed by atoms with Crippen LogP contribution in [0.2, 0.25) is 0 Å². The van der Waals surface area contributed by atoms with Crippen LogP contribution in [-0.2, 0) is 29.5 Å². The van der Waals surface area contributed by atoms with Crippen molar-refractivity contribution in [2.75, 3.05) is 18.5 Å². The van der Waals surface area contributed by atoms with E-state index in [0.717, 1.165) is 48.7 Å². The van der Waals surface area contributed by atoms with Gasteiger partial charge in [0.2, 0.25) is 5.82 Å². The van der Waals surface area contributed by atoms with Crippen LogP contribution in [-0.4, -0.2) is 39.1 Å². The molecule has 200 valence electrons. The molecule has 0 fully saturated rings. The van der Waals surface area contributed by atoms with Crippen LogP contribution in [0.15, 0.2) is 33.9 Å². The Hall–Kier alpha value is -3.10. The summed E-state index contributed by atoms with van der Waals surface area (Å²) in [5, 5.41) is 7.39. The number of aromatic nitrogens is 3. The second-order valence-electron chi connectivity index (χ2n) is 9.50. The molecule has 1 N–H and O–H groups in total. The van der Waals surface area contributed by atoms with Gasteiger partial charge in [0.25, 0.3) is 5.56 Å². The summed E-state index contributed by atoms with van der Waals surface area (Å²) in [6.45, 7) is 8.71. The Morgan fingerprint density at radius 2 is 1.81 bits per heavy atom. The highest BCUT2D eigenvalue weighted by molar-refractivity contribution is 5.79. The van der Waals surface area contributed by atoms with Crippen LogP contribution in [0, 0.1) is 0 Å². The smallest absolute Gasteiger partial charge is 0.349 e. The van der Waals surface area contributed by atoms with E-state index in [2.05, 4.69) is 17.3 Å². The molecule has 0 aliphatic carbocycles. The van der Waals surface area contributed by atoms with Crippen LogP contribution >= 0.6 is 0 Å². The third kappa shape index (κ3) is 8.84. The van der Waals surface area contributed by atoms with Crippen molar-refractivity contribution in [3.8, 4) is 5.75 Å². The van der Waals surface area contributed by atoms with Gasteiger partial charge in [0.15, 0.2) is 5.60 Å². The van der Waals surface area contributed by atoms with Gasteiger partial charge < -0.3 is 14.8 Å². The lowest BCUT2D eigenvalue weighted by molar-refractivity contribution is -0.158. The van der Waals surface area contributed by atoms with E-state index in [-0.39, 0.29) is 11.5 Å². The highest BCUT2D eigenvalue weighted by atomic mass is 16.6. The van der Waals surface area contributed by atoms with Crippen molar-refractivity contribution in [1.82, 2.24) is 14.3 Å². The van der Waals surface area contributed by atoms with Gasteiger partial charge in [-0.3, -0.25) is 9.36 Å². The van der Waals surface area contributed by atoms with Gasteiger partial charge in [-0.05, 0) is 64.2 Å². The van der Waals surface area contributed by atoms with Crippen molar-refractivity contribution in [1.29, 1.82) is 0 Å². The van der Waals surface area contributed by atoms with Crippen LogP contribution in [0.5, 0.6) is 5.75 Å². The second-order valence-corrected chi connectivity index (χ2v) is 9.50. The van der Waals surface area contributed by atoms with Gasteiger partial charge in [0, 0.05) is 20.1 Å². The maximum atomic E-state index is 12.5. The van der Waals surface area contributed by atoms with Crippen molar-refractivity contribution >= 4 is 11.8 Å². The molecule has 0 spiro atoms. The van der Waals surface area contributed by atoms with E-state index in [0.29, 0.717) is 25.4 Å². The molecule has 0 amide bonds. The Kier molecular flexibility index (Phi) is 11.7. The van der Waals surface area contributed by atoms with E-state index in [1.165, 1.54) is 24.6 Å². The number of carbonyl (C=O) groups is 1. The molecule has 36 heavy (non-hydrogen) atoms. The van der Waals surface area contributed by atoms with E-state index in [4.69, 9.17) is 9.47 Å². The molecule has 2 rings (SSSR count). The van der Waals surface area contributed by atoms with E-state index in [1.54, 1.807) is 20.8 Å². The second kappa shape index (κ2) is 14.5. The molecule has 0 unspecified atom stereocenters. The number of unbranched alkanes of at least 4 members (excludes halogenated alkanes) is 5. The minimum atomic E-state index is -1.07. The average molecular weight is 503 g/mol. The van der Waals surface area contributed by atoms with Crippen molar-refractivity contribution in [2.45, 2.75) is 91.2 Å². The Balaban J connectivity index is 1.87. The minimum Gasteiger partial charge on any atom is -0.476 e. The van der Waals surface area contributed by atoms with Crippen LogP contribution in [0.25, 0.3) is 0 Å². The molecule has 0 radical (unpaired) electrons. The zero-order valence-electron chi connectivity index (χ0n) is 22.5. The van der Waals surface area contributed by atoms with Crippen LogP contribution in [0.1, 0.15) is 78.2 Å². The fourth-order valence-corrected chi connectivity index (χ4v) is 3.81. The number of anilines is 1. The molecule has 0 aliphatic rings. The molecule has 1 heterocycles. The first-order valence-corrected chi connectivity index (χ1v) is 13.1. The Labute approximate surface area is 213 Å². The molecule has 0 saturated carbocycles. The lowest BCUT2D eigenvalue weighted by Crippen LogP contribution is -2.41. The van der Waals surface area contributed by atoms with Gasteiger partial charge >= 0.3 is 11.7 Å². The number of esters is 1. The lowest BCUT2D eigenvalue weighted by Gasteiger charge is -2.24. The van der Waals surface area contributed by atoms with E-state index in [1.807, 2.05) is 24.3 Å². The summed E-state index contributed by atoms with van der Waals surface area (Å²) in [4.78, 5) is 36.9. The Bertz CT molecular complexity index is 1090. The van der Waals surface area contributed by atoms with Gasteiger partial charge in [-0.25, -0.2) is 14.3 Å². The topological polar surface area (TPSA) is 104 Å². The number of nitrogens with zero attached hydrogens (tertiary/aromatic N) is 3. The van der Waals surface area contributed by atoms with Crippen molar-refractivity contribution in [3.05, 3.63) is 50.7 Å². The zero-order chi connectivity index (χ0) is 26.6. The zero-order valence-corrected chi connectivity index (χ0v) is 22.5. The molecule has 9 nitrogen and oxygen atoms in total. The van der Waals surface area contributed by atoms with Crippen molar-refractivity contribution in [2.24, 2.45) is 7.05 Å². The molecular formula is C27H42N4O5. The highest BCUT2D eigenvalue weighted by Crippen LogP contribution is 2.21. The molecule has 0 saturated heterocycles. The van der Waals surface area contributed by atoms with Gasteiger partial charge in [0.1, 0.15) is 5.75 Å². The maximum Gasteiger partial charge on any atom is 0.349 e. The van der Waals surface area contributed by atoms with Crippen molar-refractivity contribution < 1.29 is 14.3 Å². The number of hydrogen-bond donors (Lipinski definition) is 1. The molecule has 0 bridgehead atoms. The molecule has 2 aromatic rings. The molecular weight excluding hydrogens is 460 g/mol. The fraction of sp³-hybridized carbons (Fsp3) is 0.630. The number of carbonyl (C=O) groups excluding carboxylic acids is 1. The number of benzene rings is 1. The number of nitrogens with one attached hydrogen (secondary N) is 1. The summed E-state index contributed by atoms with van der Waals surface area (Å²) >= 11 is 0. The number of hydrogen-bond acceptors (Lipinski definition) is 7. The van der Waals surface area contributed by atoms with Crippen LogP contribution in [0.3, 0.4) is 0 Å². The number of aryl methyl sites for hydroxylation is 2. The summed E-state index contributed by atoms with van der Waals surface area (Å²) < 4.78 is 13.5. The predicted octanol–water partition coefficient (Wildman–Crippen LogP) is 4.07. The fourth-order valence-electron chi connectivity index (χ4n) is 3.81. The van der Waals surface area contributed by atoms with Crippen LogP contribution in [0.4, 0.5) is 5.82 Å². The first kappa shape index (κ1) is 29.1. The molecule has 1 aromatic heterocycles.